The molecule has 3 amide bonds. The molecule has 1 unspecified atom stereocenters. The summed E-state index contributed by atoms with van der Waals surface area (Å²) in [5.41, 5.74) is 1.07. The van der Waals surface area contributed by atoms with Crippen LogP contribution < -0.4 is 19.7 Å². The number of hydrogen-bond donors (Lipinski definition) is 1. The molecule has 2 aromatic rings. The summed E-state index contributed by atoms with van der Waals surface area (Å²) in [4.78, 5) is 43.9. The molecule has 2 aliphatic rings. The number of carbonyl (C=O) groups is 3. The lowest BCUT2D eigenvalue weighted by atomic mass is 10.2. The fourth-order valence-electron chi connectivity index (χ4n) is 4.24. The fraction of sp³-hybridized carbons (Fsp3) is 0.400. The summed E-state index contributed by atoms with van der Waals surface area (Å²) in [5.74, 6) is 0.0962. The molecule has 9 heteroatoms. The highest BCUT2D eigenvalue weighted by atomic mass is 32.2. The Hall–Kier alpha value is -3.20. The van der Waals surface area contributed by atoms with Crippen LogP contribution in [-0.4, -0.2) is 61.7 Å². The van der Waals surface area contributed by atoms with E-state index in [-0.39, 0.29) is 18.4 Å². The Morgan fingerprint density at radius 2 is 1.76 bits per heavy atom. The Morgan fingerprint density at radius 1 is 1.03 bits per heavy atom. The minimum absolute atomic E-state index is 0.175. The number of hydrogen-bond acceptors (Lipinski definition) is 6. The molecule has 34 heavy (non-hydrogen) atoms. The Labute approximate surface area is 203 Å². The van der Waals surface area contributed by atoms with Gasteiger partial charge in [0.15, 0.2) is 5.25 Å². The van der Waals surface area contributed by atoms with Crippen LogP contribution >= 0.6 is 11.8 Å². The highest BCUT2D eigenvalue weighted by Gasteiger charge is 2.40. The number of methoxy groups -OCH3 is 2. The molecule has 0 saturated carbocycles. The van der Waals surface area contributed by atoms with Crippen molar-refractivity contribution in [3.8, 4) is 11.5 Å². The number of anilines is 2. The molecule has 1 saturated heterocycles. The normalized spacial score (nSPS) is 18.1. The van der Waals surface area contributed by atoms with Crippen molar-refractivity contribution in [2.24, 2.45) is 0 Å². The monoisotopic (exact) mass is 483 g/mol. The van der Waals surface area contributed by atoms with Gasteiger partial charge in [-0.2, -0.15) is 0 Å². The highest BCUT2D eigenvalue weighted by molar-refractivity contribution is 8.01. The summed E-state index contributed by atoms with van der Waals surface area (Å²) >= 11 is 1.27. The molecule has 4 rings (SSSR count). The SMILES string of the molecule is COc1ccc(OC)c(NC(=O)CN2C(=O)C(C(=O)N3CCCCCC3)Sc3ccccc32)c1. The van der Waals surface area contributed by atoms with Crippen LogP contribution in [0.25, 0.3) is 0 Å². The van der Waals surface area contributed by atoms with E-state index in [0.717, 1.165) is 30.6 Å². The first-order chi connectivity index (χ1) is 16.5. The van der Waals surface area contributed by atoms with E-state index in [1.165, 1.54) is 30.9 Å². The van der Waals surface area contributed by atoms with Crippen molar-refractivity contribution >= 4 is 40.9 Å². The summed E-state index contributed by atoms with van der Waals surface area (Å²) in [7, 11) is 3.05. The molecule has 0 spiro atoms. The largest absolute Gasteiger partial charge is 0.497 e. The third-order valence-corrected chi connectivity index (χ3v) is 7.25. The van der Waals surface area contributed by atoms with Gasteiger partial charge in [0.2, 0.25) is 11.8 Å². The molecule has 0 bridgehead atoms. The van der Waals surface area contributed by atoms with E-state index in [4.69, 9.17) is 9.47 Å². The average Bonchev–Trinajstić information content (AvgIpc) is 3.15. The van der Waals surface area contributed by atoms with Crippen LogP contribution in [0, 0.1) is 0 Å². The number of amides is 3. The van der Waals surface area contributed by atoms with E-state index >= 15 is 0 Å². The number of benzene rings is 2. The number of carbonyl (C=O) groups excluding carboxylic acids is 3. The van der Waals surface area contributed by atoms with Gasteiger partial charge >= 0.3 is 0 Å². The lowest BCUT2D eigenvalue weighted by Gasteiger charge is -2.34. The van der Waals surface area contributed by atoms with Gasteiger partial charge in [0.05, 0.1) is 25.6 Å². The summed E-state index contributed by atoms with van der Waals surface area (Å²) in [6.45, 7) is 1.11. The van der Waals surface area contributed by atoms with Gasteiger partial charge in [0, 0.05) is 24.1 Å². The molecule has 180 valence electrons. The van der Waals surface area contributed by atoms with Gasteiger partial charge < -0.3 is 24.6 Å². The molecule has 1 atom stereocenters. The van der Waals surface area contributed by atoms with Crippen molar-refractivity contribution in [2.45, 2.75) is 35.8 Å². The molecule has 2 aliphatic heterocycles. The van der Waals surface area contributed by atoms with Crippen LogP contribution in [0.5, 0.6) is 11.5 Å². The molecule has 2 aromatic carbocycles. The van der Waals surface area contributed by atoms with Gasteiger partial charge in [-0.05, 0) is 37.1 Å². The Kier molecular flexibility index (Phi) is 7.62. The molecule has 2 heterocycles. The quantitative estimate of drug-likeness (QED) is 0.633. The van der Waals surface area contributed by atoms with Crippen molar-refractivity contribution in [3.63, 3.8) is 0 Å². The number of ether oxygens (including phenoxy) is 2. The molecule has 8 nitrogen and oxygen atoms in total. The number of fused-ring (bicyclic) bond motifs is 1. The van der Waals surface area contributed by atoms with Crippen LogP contribution in [0.15, 0.2) is 47.4 Å². The lowest BCUT2D eigenvalue weighted by molar-refractivity contribution is -0.135. The molecule has 0 aromatic heterocycles. The van der Waals surface area contributed by atoms with Crippen molar-refractivity contribution < 1.29 is 23.9 Å². The van der Waals surface area contributed by atoms with Crippen molar-refractivity contribution in [1.82, 2.24) is 4.90 Å². The summed E-state index contributed by atoms with van der Waals surface area (Å²) < 4.78 is 10.6. The van der Waals surface area contributed by atoms with Crippen molar-refractivity contribution in [1.29, 1.82) is 0 Å². The lowest BCUT2D eigenvalue weighted by Crippen LogP contribution is -2.51. The van der Waals surface area contributed by atoms with Gasteiger partial charge in [-0.15, -0.1) is 11.8 Å². The zero-order valence-electron chi connectivity index (χ0n) is 19.4. The van der Waals surface area contributed by atoms with Crippen LogP contribution in [0.3, 0.4) is 0 Å². The van der Waals surface area contributed by atoms with Crippen LogP contribution in [-0.2, 0) is 14.4 Å². The van der Waals surface area contributed by atoms with E-state index in [9.17, 15) is 14.4 Å². The summed E-state index contributed by atoms with van der Waals surface area (Å²) in [6, 6.07) is 12.5. The minimum atomic E-state index is -0.896. The van der Waals surface area contributed by atoms with E-state index in [0.29, 0.717) is 36.0 Å². The smallest absolute Gasteiger partial charge is 0.250 e. The Bertz CT molecular complexity index is 1070. The maximum absolute atomic E-state index is 13.5. The third-order valence-electron chi connectivity index (χ3n) is 6.02. The van der Waals surface area contributed by atoms with Crippen molar-refractivity contribution in [2.75, 3.05) is 44.1 Å². The number of rotatable bonds is 6. The first kappa shape index (κ1) is 23.9. The molecule has 1 fully saturated rings. The molecular formula is C25H29N3O5S. The molecular weight excluding hydrogens is 454 g/mol. The Morgan fingerprint density at radius 3 is 2.47 bits per heavy atom. The van der Waals surface area contributed by atoms with E-state index in [1.54, 1.807) is 29.2 Å². The molecule has 0 aliphatic carbocycles. The first-order valence-electron chi connectivity index (χ1n) is 11.4. The zero-order chi connectivity index (χ0) is 24.1. The highest BCUT2D eigenvalue weighted by Crippen LogP contribution is 2.40. The number of thioether (sulfide) groups is 1. The number of likely N-dealkylation sites (tertiary alicyclic amines) is 1. The number of para-hydroxylation sites is 1. The standard InChI is InChI=1S/C25H29N3O5S/c1-32-17-11-12-20(33-2)18(15-17)26-22(29)16-28-19-9-5-6-10-21(19)34-23(25(28)31)24(30)27-13-7-3-4-8-14-27/h5-6,9-12,15,23H,3-4,7-8,13-14,16H2,1-2H3,(H,26,29). The summed E-state index contributed by atoms with van der Waals surface area (Å²) in [5, 5.41) is 1.91. The van der Waals surface area contributed by atoms with E-state index in [1.807, 2.05) is 18.2 Å². The van der Waals surface area contributed by atoms with Crippen LogP contribution in [0.1, 0.15) is 25.7 Å². The van der Waals surface area contributed by atoms with Gasteiger partial charge in [0.1, 0.15) is 18.0 Å². The van der Waals surface area contributed by atoms with E-state index < -0.39 is 11.2 Å². The second-order valence-electron chi connectivity index (χ2n) is 8.24. The van der Waals surface area contributed by atoms with Crippen molar-refractivity contribution in [3.05, 3.63) is 42.5 Å². The van der Waals surface area contributed by atoms with Gasteiger partial charge in [-0.3, -0.25) is 14.4 Å². The maximum atomic E-state index is 13.5. The predicted molar refractivity (Wildman–Crippen MR) is 132 cm³/mol. The average molecular weight is 484 g/mol. The first-order valence-corrected chi connectivity index (χ1v) is 12.3. The minimum Gasteiger partial charge on any atom is -0.497 e. The number of nitrogens with zero attached hydrogens (tertiary/aromatic N) is 2. The zero-order valence-corrected chi connectivity index (χ0v) is 20.2. The van der Waals surface area contributed by atoms with Gasteiger partial charge in [-0.1, -0.05) is 25.0 Å². The predicted octanol–water partition coefficient (Wildman–Crippen LogP) is 3.55. The molecule has 1 N–H and O–H groups in total. The fourth-order valence-corrected chi connectivity index (χ4v) is 5.43. The third kappa shape index (κ3) is 5.14. The van der Waals surface area contributed by atoms with Gasteiger partial charge in [-0.25, -0.2) is 0 Å². The van der Waals surface area contributed by atoms with Crippen LogP contribution in [0.2, 0.25) is 0 Å². The van der Waals surface area contributed by atoms with Gasteiger partial charge in [0.25, 0.3) is 5.91 Å². The second-order valence-corrected chi connectivity index (χ2v) is 9.39. The van der Waals surface area contributed by atoms with Crippen LogP contribution in [0.4, 0.5) is 11.4 Å². The maximum Gasteiger partial charge on any atom is 0.250 e. The topological polar surface area (TPSA) is 88.2 Å². The van der Waals surface area contributed by atoms with E-state index in [2.05, 4.69) is 5.32 Å². The second kappa shape index (κ2) is 10.8. The molecule has 0 radical (unpaired) electrons. The Balaban J connectivity index is 1.56. The number of nitrogens with one attached hydrogen (secondary N) is 1. The summed E-state index contributed by atoms with van der Waals surface area (Å²) in [6.07, 6.45) is 4.08.